The lowest BCUT2D eigenvalue weighted by Gasteiger charge is -2.33. The molecule has 2 N–H and O–H groups in total. The number of nitrogens with one attached hydrogen (secondary N) is 1. The predicted octanol–water partition coefficient (Wildman–Crippen LogP) is 2.32. The zero-order valence-electron chi connectivity index (χ0n) is 11.4. The fraction of sp³-hybridized carbons (Fsp3) is 0.571. The first-order chi connectivity index (χ1) is 8.98. The molecular weight excluding hydrogens is 244 g/mol. The molecule has 0 saturated carbocycles. The highest BCUT2D eigenvalue weighted by Crippen LogP contribution is 2.29. The maximum absolute atomic E-state index is 11.0. The number of carbonyl (C=O) groups is 1. The second kappa shape index (κ2) is 5.57. The summed E-state index contributed by atoms with van der Waals surface area (Å²) in [4.78, 5) is 15.3. The number of pyridine rings is 1. The highest BCUT2D eigenvalue weighted by molar-refractivity contribution is 5.88. The van der Waals surface area contributed by atoms with Crippen LogP contribution in [0.2, 0.25) is 0 Å². The van der Waals surface area contributed by atoms with Gasteiger partial charge in [-0.05, 0) is 37.3 Å². The molecule has 0 unspecified atom stereocenters. The van der Waals surface area contributed by atoms with E-state index in [0.717, 1.165) is 32.6 Å². The lowest BCUT2D eigenvalue weighted by molar-refractivity contribution is 0.0300. The molecule has 0 spiro atoms. The molecule has 5 heteroatoms. The van der Waals surface area contributed by atoms with Crippen molar-refractivity contribution >= 4 is 11.8 Å². The van der Waals surface area contributed by atoms with Crippen molar-refractivity contribution in [3.8, 4) is 0 Å². The maximum atomic E-state index is 11.0. The summed E-state index contributed by atoms with van der Waals surface area (Å²) in [7, 11) is 0. The van der Waals surface area contributed by atoms with Gasteiger partial charge in [0.15, 0.2) is 0 Å². The van der Waals surface area contributed by atoms with Crippen molar-refractivity contribution in [3.05, 3.63) is 23.4 Å². The fourth-order valence-corrected chi connectivity index (χ4v) is 2.23. The van der Waals surface area contributed by atoms with Crippen LogP contribution in [0.25, 0.3) is 0 Å². The smallest absolute Gasteiger partial charge is 0.335 e. The number of carboxylic acids is 1. The fourth-order valence-electron chi connectivity index (χ4n) is 2.23. The summed E-state index contributed by atoms with van der Waals surface area (Å²) in [6.07, 6.45) is 2.02. The first-order valence-corrected chi connectivity index (χ1v) is 6.52. The first-order valence-electron chi connectivity index (χ1n) is 6.52. The molecule has 0 radical (unpaired) electrons. The van der Waals surface area contributed by atoms with Gasteiger partial charge in [-0.25, -0.2) is 9.78 Å². The molecule has 104 valence electrons. The van der Waals surface area contributed by atoms with Crippen molar-refractivity contribution in [2.45, 2.75) is 26.7 Å². The summed E-state index contributed by atoms with van der Waals surface area (Å²) < 4.78 is 5.37. The summed E-state index contributed by atoms with van der Waals surface area (Å²) >= 11 is 0. The molecule has 1 saturated heterocycles. The molecule has 0 bridgehead atoms. The van der Waals surface area contributed by atoms with Gasteiger partial charge in [0.25, 0.3) is 0 Å². The number of aryl methyl sites for hydroxylation is 1. The Labute approximate surface area is 113 Å². The third-order valence-corrected chi connectivity index (χ3v) is 3.60. The van der Waals surface area contributed by atoms with Crippen LogP contribution in [-0.4, -0.2) is 35.8 Å². The molecule has 1 fully saturated rings. The van der Waals surface area contributed by atoms with Gasteiger partial charge < -0.3 is 15.2 Å². The monoisotopic (exact) mass is 264 g/mol. The molecule has 0 aromatic carbocycles. The van der Waals surface area contributed by atoms with Crippen molar-refractivity contribution in [1.29, 1.82) is 0 Å². The maximum Gasteiger partial charge on any atom is 0.335 e. The van der Waals surface area contributed by atoms with Gasteiger partial charge in [0.2, 0.25) is 0 Å². The Kier molecular flexibility index (Phi) is 4.04. The van der Waals surface area contributed by atoms with Gasteiger partial charge in [0.05, 0.1) is 5.56 Å². The number of nitrogens with zero attached hydrogens (tertiary/aromatic N) is 1. The Bertz CT molecular complexity index is 468. The number of rotatable bonds is 4. The van der Waals surface area contributed by atoms with Gasteiger partial charge in [-0.1, -0.05) is 6.92 Å². The summed E-state index contributed by atoms with van der Waals surface area (Å²) in [5, 5.41) is 12.3. The van der Waals surface area contributed by atoms with Gasteiger partial charge in [0, 0.05) is 25.5 Å². The minimum Gasteiger partial charge on any atom is -0.478 e. The van der Waals surface area contributed by atoms with Crippen LogP contribution in [0.5, 0.6) is 0 Å². The standard InChI is InChI=1S/C14H20N2O3/c1-10-7-11(13(17)18)8-12(16-10)15-9-14(2)3-5-19-6-4-14/h7-8H,3-6,9H2,1-2H3,(H,15,16)(H,17,18). The summed E-state index contributed by atoms with van der Waals surface area (Å²) in [5.41, 5.74) is 1.17. The van der Waals surface area contributed by atoms with E-state index in [1.807, 2.05) is 0 Å². The van der Waals surface area contributed by atoms with E-state index in [4.69, 9.17) is 9.84 Å². The average molecular weight is 264 g/mol. The number of anilines is 1. The highest BCUT2D eigenvalue weighted by Gasteiger charge is 2.27. The minimum absolute atomic E-state index is 0.188. The number of ether oxygens (including phenoxy) is 1. The zero-order chi connectivity index (χ0) is 13.9. The number of hydrogen-bond acceptors (Lipinski definition) is 4. The normalized spacial score (nSPS) is 18.0. The first kappa shape index (κ1) is 13.8. The molecule has 1 aromatic heterocycles. The van der Waals surface area contributed by atoms with Crippen LogP contribution in [0.15, 0.2) is 12.1 Å². The molecule has 2 rings (SSSR count). The lowest BCUT2D eigenvalue weighted by Crippen LogP contribution is -2.33. The van der Waals surface area contributed by atoms with Gasteiger partial charge in [-0.15, -0.1) is 0 Å². The largest absolute Gasteiger partial charge is 0.478 e. The van der Waals surface area contributed by atoms with E-state index in [9.17, 15) is 4.79 Å². The molecule has 0 aliphatic carbocycles. The Hall–Kier alpha value is -1.62. The van der Waals surface area contributed by atoms with Gasteiger partial charge in [-0.2, -0.15) is 0 Å². The van der Waals surface area contributed by atoms with Crippen LogP contribution in [0.3, 0.4) is 0 Å². The van der Waals surface area contributed by atoms with Crippen LogP contribution in [0.1, 0.15) is 35.8 Å². The number of carboxylic acid groups (broad SMARTS) is 1. The van der Waals surface area contributed by atoms with Gasteiger partial charge in [0.1, 0.15) is 5.82 Å². The summed E-state index contributed by atoms with van der Waals surface area (Å²) in [6, 6.07) is 3.15. The highest BCUT2D eigenvalue weighted by atomic mass is 16.5. The van der Waals surface area contributed by atoms with Crippen molar-refractivity contribution in [2.75, 3.05) is 25.1 Å². The van der Waals surface area contributed by atoms with Crippen LogP contribution in [-0.2, 0) is 4.74 Å². The second-order valence-electron chi connectivity index (χ2n) is 5.46. The molecule has 0 amide bonds. The topological polar surface area (TPSA) is 71.5 Å². The van der Waals surface area contributed by atoms with E-state index in [2.05, 4.69) is 17.2 Å². The van der Waals surface area contributed by atoms with Crippen LogP contribution >= 0.6 is 0 Å². The predicted molar refractivity (Wildman–Crippen MR) is 72.6 cm³/mol. The van der Waals surface area contributed by atoms with E-state index in [1.54, 1.807) is 19.1 Å². The Morgan fingerprint density at radius 3 is 2.79 bits per heavy atom. The van der Waals surface area contributed by atoms with Crippen LogP contribution in [0.4, 0.5) is 5.82 Å². The van der Waals surface area contributed by atoms with E-state index in [-0.39, 0.29) is 11.0 Å². The molecular formula is C14H20N2O3. The number of aromatic nitrogens is 1. The molecule has 5 nitrogen and oxygen atoms in total. The second-order valence-corrected chi connectivity index (χ2v) is 5.46. The van der Waals surface area contributed by atoms with Gasteiger partial charge >= 0.3 is 5.97 Å². The summed E-state index contributed by atoms with van der Waals surface area (Å²) in [6.45, 7) is 6.38. The van der Waals surface area contributed by atoms with Crippen molar-refractivity contribution in [2.24, 2.45) is 5.41 Å². The number of aromatic carboxylic acids is 1. The van der Waals surface area contributed by atoms with E-state index in [0.29, 0.717) is 11.5 Å². The third kappa shape index (κ3) is 3.67. The SMILES string of the molecule is Cc1cc(C(=O)O)cc(NCC2(C)CCOCC2)n1. The van der Waals surface area contributed by atoms with Crippen molar-refractivity contribution in [3.63, 3.8) is 0 Å². The zero-order valence-corrected chi connectivity index (χ0v) is 11.4. The Morgan fingerprint density at radius 1 is 1.47 bits per heavy atom. The third-order valence-electron chi connectivity index (χ3n) is 3.60. The summed E-state index contributed by atoms with van der Waals surface area (Å²) in [5.74, 6) is -0.295. The Balaban J connectivity index is 2.04. The number of hydrogen-bond donors (Lipinski definition) is 2. The Morgan fingerprint density at radius 2 is 2.16 bits per heavy atom. The molecule has 2 heterocycles. The van der Waals surface area contributed by atoms with Crippen molar-refractivity contribution < 1.29 is 14.6 Å². The average Bonchev–Trinajstić information content (AvgIpc) is 2.37. The molecule has 1 aliphatic heterocycles. The molecule has 1 aromatic rings. The van der Waals surface area contributed by atoms with Crippen LogP contribution < -0.4 is 5.32 Å². The molecule has 0 atom stereocenters. The van der Waals surface area contributed by atoms with E-state index < -0.39 is 5.97 Å². The van der Waals surface area contributed by atoms with E-state index >= 15 is 0 Å². The van der Waals surface area contributed by atoms with Gasteiger partial charge in [-0.3, -0.25) is 0 Å². The minimum atomic E-state index is -0.925. The van der Waals surface area contributed by atoms with Crippen LogP contribution in [0, 0.1) is 12.3 Å². The lowest BCUT2D eigenvalue weighted by atomic mass is 9.82. The quantitative estimate of drug-likeness (QED) is 0.873. The molecule has 19 heavy (non-hydrogen) atoms. The van der Waals surface area contributed by atoms with E-state index in [1.165, 1.54) is 0 Å². The molecule has 1 aliphatic rings. The van der Waals surface area contributed by atoms with Crippen molar-refractivity contribution in [1.82, 2.24) is 4.98 Å².